The third kappa shape index (κ3) is 2.74. The fourth-order valence-corrected chi connectivity index (χ4v) is 1.78. The third-order valence-electron chi connectivity index (χ3n) is 3.14. The number of aryl methyl sites for hydroxylation is 2. The van der Waals surface area contributed by atoms with Gasteiger partial charge in [-0.25, -0.2) is 0 Å². The first-order valence-corrected chi connectivity index (χ1v) is 5.65. The molecule has 0 aliphatic heterocycles. The maximum Gasteiger partial charge on any atom is 0.0599 e. The van der Waals surface area contributed by atoms with Crippen LogP contribution in [-0.4, -0.2) is 24.3 Å². The summed E-state index contributed by atoms with van der Waals surface area (Å²) in [6, 6.07) is 1.99. The maximum absolute atomic E-state index is 8.90. The van der Waals surface area contributed by atoms with Crippen LogP contribution in [0, 0.1) is 27.7 Å². The maximum atomic E-state index is 8.90. The van der Waals surface area contributed by atoms with Crippen molar-refractivity contribution < 1.29 is 5.11 Å². The quantitative estimate of drug-likeness (QED) is 0.726. The molecule has 0 amide bonds. The highest BCUT2D eigenvalue weighted by atomic mass is 16.3. The zero-order valence-electron chi connectivity index (χ0n) is 10.6. The van der Waals surface area contributed by atoms with E-state index in [2.05, 4.69) is 39.1 Å². The van der Waals surface area contributed by atoms with Crippen LogP contribution in [0.5, 0.6) is 0 Å². The van der Waals surface area contributed by atoms with Gasteiger partial charge < -0.3 is 16.2 Å². The van der Waals surface area contributed by atoms with E-state index in [0.717, 1.165) is 5.69 Å². The molecule has 1 atom stereocenters. The van der Waals surface area contributed by atoms with Crippen molar-refractivity contribution in [2.45, 2.75) is 33.7 Å². The lowest BCUT2D eigenvalue weighted by molar-refractivity contribution is 0.270. The second-order valence-corrected chi connectivity index (χ2v) is 4.46. The van der Waals surface area contributed by atoms with E-state index in [0.29, 0.717) is 6.54 Å². The summed E-state index contributed by atoms with van der Waals surface area (Å²) in [5, 5.41) is 12.2. The second-order valence-electron chi connectivity index (χ2n) is 4.46. The SMILES string of the molecule is Cc1cc(C)c(C)c(NCC(N)CO)c1C. The molecule has 1 aromatic rings. The van der Waals surface area contributed by atoms with Gasteiger partial charge in [-0.2, -0.15) is 0 Å². The van der Waals surface area contributed by atoms with Crippen LogP contribution in [0.15, 0.2) is 6.07 Å². The zero-order valence-corrected chi connectivity index (χ0v) is 10.6. The lowest BCUT2D eigenvalue weighted by atomic mass is 9.98. The first kappa shape index (κ1) is 13.0. The number of nitrogens with two attached hydrogens (primary N) is 1. The summed E-state index contributed by atoms with van der Waals surface area (Å²) < 4.78 is 0. The van der Waals surface area contributed by atoms with Gasteiger partial charge in [-0.15, -0.1) is 0 Å². The molecular formula is C13H22N2O. The standard InChI is InChI=1S/C13H22N2O/c1-8-5-9(2)11(4)13(10(8)3)15-6-12(14)7-16/h5,12,15-16H,6-7,14H2,1-4H3. The second kappa shape index (κ2) is 5.32. The molecule has 3 heteroatoms. The van der Waals surface area contributed by atoms with Crippen molar-refractivity contribution in [1.29, 1.82) is 0 Å². The Labute approximate surface area is 97.7 Å². The van der Waals surface area contributed by atoms with Gasteiger partial charge in [0.2, 0.25) is 0 Å². The predicted molar refractivity (Wildman–Crippen MR) is 68.9 cm³/mol. The van der Waals surface area contributed by atoms with Crippen LogP contribution < -0.4 is 11.1 Å². The average Bonchev–Trinajstić information content (AvgIpc) is 2.26. The van der Waals surface area contributed by atoms with E-state index in [9.17, 15) is 0 Å². The summed E-state index contributed by atoms with van der Waals surface area (Å²) in [5.41, 5.74) is 11.9. The monoisotopic (exact) mass is 222 g/mol. The molecule has 16 heavy (non-hydrogen) atoms. The number of anilines is 1. The molecule has 0 spiro atoms. The topological polar surface area (TPSA) is 58.3 Å². The van der Waals surface area contributed by atoms with Crippen molar-refractivity contribution in [2.75, 3.05) is 18.5 Å². The van der Waals surface area contributed by atoms with Crippen molar-refractivity contribution in [3.63, 3.8) is 0 Å². The molecule has 90 valence electrons. The lowest BCUT2D eigenvalue weighted by Gasteiger charge is -2.18. The van der Waals surface area contributed by atoms with Crippen LogP contribution in [0.1, 0.15) is 22.3 Å². The van der Waals surface area contributed by atoms with Crippen LogP contribution in [0.4, 0.5) is 5.69 Å². The zero-order chi connectivity index (χ0) is 12.3. The van der Waals surface area contributed by atoms with Crippen LogP contribution in [0.2, 0.25) is 0 Å². The Hall–Kier alpha value is -1.06. The number of aliphatic hydroxyl groups excluding tert-OH is 1. The van der Waals surface area contributed by atoms with E-state index in [1.807, 2.05) is 0 Å². The van der Waals surface area contributed by atoms with Crippen molar-refractivity contribution >= 4 is 5.69 Å². The van der Waals surface area contributed by atoms with Gasteiger partial charge in [-0.1, -0.05) is 6.07 Å². The predicted octanol–water partition coefficient (Wildman–Crippen LogP) is 1.65. The molecule has 0 radical (unpaired) electrons. The number of hydrogen-bond acceptors (Lipinski definition) is 3. The van der Waals surface area contributed by atoms with Crippen LogP contribution in [-0.2, 0) is 0 Å². The van der Waals surface area contributed by atoms with Crippen LogP contribution in [0.3, 0.4) is 0 Å². The van der Waals surface area contributed by atoms with E-state index in [1.54, 1.807) is 0 Å². The fraction of sp³-hybridized carbons (Fsp3) is 0.538. The van der Waals surface area contributed by atoms with E-state index in [-0.39, 0.29) is 12.6 Å². The van der Waals surface area contributed by atoms with Crippen molar-refractivity contribution in [1.82, 2.24) is 0 Å². The Balaban J connectivity index is 2.94. The molecule has 0 aromatic heterocycles. The van der Waals surface area contributed by atoms with Crippen molar-refractivity contribution in [2.24, 2.45) is 5.73 Å². The van der Waals surface area contributed by atoms with Crippen molar-refractivity contribution in [3.05, 3.63) is 28.3 Å². The molecular weight excluding hydrogens is 200 g/mol. The Bertz CT molecular complexity index is 348. The summed E-state index contributed by atoms with van der Waals surface area (Å²) in [5.74, 6) is 0. The van der Waals surface area contributed by atoms with Gasteiger partial charge in [0.1, 0.15) is 0 Å². The summed E-state index contributed by atoms with van der Waals surface area (Å²) in [6.07, 6.45) is 0. The number of aliphatic hydroxyl groups is 1. The smallest absolute Gasteiger partial charge is 0.0599 e. The molecule has 1 aromatic carbocycles. The average molecular weight is 222 g/mol. The highest BCUT2D eigenvalue weighted by molar-refractivity contribution is 5.62. The Kier molecular flexibility index (Phi) is 4.33. The molecule has 0 saturated carbocycles. The molecule has 4 N–H and O–H groups in total. The summed E-state index contributed by atoms with van der Waals surface area (Å²) in [4.78, 5) is 0. The van der Waals surface area contributed by atoms with Gasteiger partial charge in [0, 0.05) is 18.3 Å². The number of hydrogen-bond donors (Lipinski definition) is 3. The van der Waals surface area contributed by atoms with Crippen LogP contribution in [0.25, 0.3) is 0 Å². The van der Waals surface area contributed by atoms with Gasteiger partial charge in [0.05, 0.1) is 6.61 Å². The Morgan fingerprint density at radius 1 is 1.19 bits per heavy atom. The third-order valence-corrected chi connectivity index (χ3v) is 3.14. The Morgan fingerprint density at radius 2 is 1.69 bits per heavy atom. The molecule has 0 heterocycles. The minimum Gasteiger partial charge on any atom is -0.395 e. The first-order chi connectivity index (χ1) is 7.47. The number of benzene rings is 1. The number of rotatable bonds is 4. The summed E-state index contributed by atoms with van der Waals surface area (Å²) in [6.45, 7) is 9.04. The minimum absolute atomic E-state index is 0.00981. The molecule has 1 rings (SSSR count). The van der Waals surface area contributed by atoms with Gasteiger partial charge in [0.25, 0.3) is 0 Å². The van der Waals surface area contributed by atoms with Gasteiger partial charge in [-0.05, 0) is 49.9 Å². The van der Waals surface area contributed by atoms with Gasteiger partial charge >= 0.3 is 0 Å². The van der Waals surface area contributed by atoms with Gasteiger partial charge in [0.15, 0.2) is 0 Å². The van der Waals surface area contributed by atoms with Crippen molar-refractivity contribution in [3.8, 4) is 0 Å². The molecule has 0 aliphatic carbocycles. The number of nitrogens with one attached hydrogen (secondary N) is 1. The van der Waals surface area contributed by atoms with E-state index in [1.165, 1.54) is 22.3 Å². The molecule has 0 bridgehead atoms. The normalized spacial score (nSPS) is 12.6. The largest absolute Gasteiger partial charge is 0.395 e. The molecule has 1 unspecified atom stereocenters. The van der Waals surface area contributed by atoms with Gasteiger partial charge in [-0.3, -0.25) is 0 Å². The summed E-state index contributed by atoms with van der Waals surface area (Å²) >= 11 is 0. The molecule has 0 aliphatic rings. The molecule has 0 saturated heterocycles. The Morgan fingerprint density at radius 3 is 2.12 bits per heavy atom. The van der Waals surface area contributed by atoms with E-state index in [4.69, 9.17) is 10.8 Å². The molecule has 0 fully saturated rings. The fourth-order valence-electron chi connectivity index (χ4n) is 1.78. The lowest BCUT2D eigenvalue weighted by Crippen LogP contribution is -2.32. The van der Waals surface area contributed by atoms with E-state index < -0.39 is 0 Å². The minimum atomic E-state index is -0.209. The first-order valence-electron chi connectivity index (χ1n) is 5.65. The van der Waals surface area contributed by atoms with E-state index >= 15 is 0 Å². The highest BCUT2D eigenvalue weighted by Crippen LogP contribution is 2.26. The summed E-state index contributed by atoms with van der Waals surface area (Å²) in [7, 11) is 0. The van der Waals surface area contributed by atoms with Crippen LogP contribution >= 0.6 is 0 Å². The highest BCUT2D eigenvalue weighted by Gasteiger charge is 2.09. The molecule has 3 nitrogen and oxygen atoms in total.